The Morgan fingerprint density at radius 3 is 2.68 bits per heavy atom. The van der Waals surface area contributed by atoms with Gasteiger partial charge in [0.15, 0.2) is 5.96 Å². The van der Waals surface area contributed by atoms with Gasteiger partial charge in [-0.2, -0.15) is 0 Å². The zero-order chi connectivity index (χ0) is 20.0. The third kappa shape index (κ3) is 8.17. The van der Waals surface area contributed by atoms with Crippen LogP contribution in [0.3, 0.4) is 0 Å². The number of piperazine rings is 1. The van der Waals surface area contributed by atoms with E-state index in [4.69, 9.17) is 4.74 Å². The smallest absolute Gasteiger partial charge is 0.239 e. The Labute approximate surface area is 168 Å². The minimum atomic E-state index is 0.0806. The number of nitrogens with zero attached hydrogens (tertiary/aromatic N) is 2. The van der Waals surface area contributed by atoms with Crippen molar-refractivity contribution < 1.29 is 9.53 Å². The average Bonchev–Trinajstić information content (AvgIpc) is 2.71. The van der Waals surface area contributed by atoms with Crippen LogP contribution in [-0.2, 0) is 16.1 Å². The second-order valence-corrected chi connectivity index (χ2v) is 6.88. The minimum absolute atomic E-state index is 0.0806. The van der Waals surface area contributed by atoms with E-state index in [2.05, 4.69) is 64.0 Å². The Morgan fingerprint density at radius 2 is 1.96 bits per heavy atom. The van der Waals surface area contributed by atoms with Crippen molar-refractivity contribution in [2.75, 3.05) is 50.8 Å². The van der Waals surface area contributed by atoms with Gasteiger partial charge in [-0.25, -0.2) is 4.99 Å². The van der Waals surface area contributed by atoms with Gasteiger partial charge in [0.2, 0.25) is 5.91 Å². The summed E-state index contributed by atoms with van der Waals surface area (Å²) in [6.45, 7) is 10.1. The number of benzene rings is 1. The molecule has 1 amide bonds. The van der Waals surface area contributed by atoms with Crippen molar-refractivity contribution in [1.29, 1.82) is 0 Å². The first-order valence-electron chi connectivity index (χ1n) is 10.4. The highest BCUT2D eigenvalue weighted by Crippen LogP contribution is 2.16. The van der Waals surface area contributed by atoms with Crippen LogP contribution < -0.4 is 20.9 Å². The molecule has 0 unspecified atom stereocenters. The molecule has 1 aromatic carbocycles. The summed E-state index contributed by atoms with van der Waals surface area (Å²) in [6.07, 6.45) is 3.26. The number of unbranched alkanes of at least 4 members (excludes halogenated alkanes) is 1. The van der Waals surface area contributed by atoms with Gasteiger partial charge < -0.3 is 25.6 Å². The number of ether oxygens (including phenoxy) is 1. The monoisotopic (exact) mass is 389 g/mol. The predicted molar refractivity (Wildman–Crippen MR) is 115 cm³/mol. The highest BCUT2D eigenvalue weighted by molar-refractivity contribution is 5.82. The average molecular weight is 390 g/mol. The number of hydrogen-bond acceptors (Lipinski definition) is 4. The second-order valence-electron chi connectivity index (χ2n) is 6.88. The van der Waals surface area contributed by atoms with Crippen molar-refractivity contribution in [3.8, 4) is 0 Å². The molecule has 28 heavy (non-hydrogen) atoms. The standard InChI is InChI=1S/C21H35N5O2/c1-3-5-14-28-15-6-11-24-21(22-4-2)25-16-18-7-9-19(10-8-18)26-13-12-23-20(27)17-26/h7-10H,3-6,11-17H2,1-2H3,(H,23,27)(H2,22,24,25). The third-order valence-corrected chi connectivity index (χ3v) is 4.50. The summed E-state index contributed by atoms with van der Waals surface area (Å²) < 4.78 is 5.58. The minimum Gasteiger partial charge on any atom is -0.381 e. The molecule has 2 rings (SSSR count). The predicted octanol–water partition coefficient (Wildman–Crippen LogP) is 1.88. The lowest BCUT2D eigenvalue weighted by Crippen LogP contribution is -2.47. The number of nitrogens with one attached hydrogen (secondary N) is 3. The molecule has 7 heteroatoms. The van der Waals surface area contributed by atoms with Gasteiger partial charge in [-0.3, -0.25) is 4.79 Å². The lowest BCUT2D eigenvalue weighted by molar-refractivity contribution is -0.120. The zero-order valence-electron chi connectivity index (χ0n) is 17.3. The molecule has 1 fully saturated rings. The maximum Gasteiger partial charge on any atom is 0.239 e. The number of anilines is 1. The summed E-state index contributed by atoms with van der Waals surface area (Å²) in [7, 11) is 0. The van der Waals surface area contributed by atoms with Crippen LogP contribution in [-0.4, -0.2) is 57.8 Å². The SMILES string of the molecule is CCCCOCCCNC(=NCc1ccc(N2CCNC(=O)C2)cc1)NCC. The highest BCUT2D eigenvalue weighted by atomic mass is 16.5. The van der Waals surface area contributed by atoms with E-state index in [1.165, 1.54) is 6.42 Å². The van der Waals surface area contributed by atoms with E-state index in [9.17, 15) is 4.79 Å². The van der Waals surface area contributed by atoms with E-state index < -0.39 is 0 Å². The quantitative estimate of drug-likeness (QED) is 0.306. The molecule has 7 nitrogen and oxygen atoms in total. The molecule has 1 aliphatic heterocycles. The number of hydrogen-bond donors (Lipinski definition) is 3. The highest BCUT2D eigenvalue weighted by Gasteiger charge is 2.16. The van der Waals surface area contributed by atoms with Gasteiger partial charge >= 0.3 is 0 Å². The number of carbonyl (C=O) groups excluding carboxylic acids is 1. The Balaban J connectivity index is 1.77. The topological polar surface area (TPSA) is 78.0 Å². The van der Waals surface area contributed by atoms with Gasteiger partial charge in [-0.1, -0.05) is 25.5 Å². The Morgan fingerprint density at radius 1 is 1.18 bits per heavy atom. The van der Waals surface area contributed by atoms with E-state index in [1.54, 1.807) is 0 Å². The normalized spacial score (nSPS) is 14.7. The van der Waals surface area contributed by atoms with Crippen LogP contribution in [0.4, 0.5) is 5.69 Å². The largest absolute Gasteiger partial charge is 0.381 e. The van der Waals surface area contributed by atoms with Crippen molar-refractivity contribution in [3.63, 3.8) is 0 Å². The van der Waals surface area contributed by atoms with E-state index in [0.29, 0.717) is 19.6 Å². The fraction of sp³-hybridized carbons (Fsp3) is 0.619. The van der Waals surface area contributed by atoms with Crippen LogP contribution in [0.25, 0.3) is 0 Å². The van der Waals surface area contributed by atoms with Gasteiger partial charge in [-0.05, 0) is 37.5 Å². The molecule has 1 saturated heterocycles. The first kappa shape index (κ1) is 22.0. The van der Waals surface area contributed by atoms with Crippen LogP contribution in [0.1, 0.15) is 38.7 Å². The van der Waals surface area contributed by atoms with Crippen molar-refractivity contribution in [3.05, 3.63) is 29.8 Å². The summed E-state index contributed by atoms with van der Waals surface area (Å²) >= 11 is 0. The lowest BCUT2D eigenvalue weighted by atomic mass is 10.2. The van der Waals surface area contributed by atoms with Crippen molar-refractivity contribution in [2.45, 2.75) is 39.7 Å². The molecule has 0 spiro atoms. The summed E-state index contributed by atoms with van der Waals surface area (Å²) in [5.74, 6) is 0.907. The fourth-order valence-electron chi connectivity index (χ4n) is 2.91. The van der Waals surface area contributed by atoms with E-state index in [-0.39, 0.29) is 5.91 Å². The summed E-state index contributed by atoms with van der Waals surface area (Å²) in [6, 6.07) is 8.29. The molecule has 1 aromatic rings. The number of guanidine groups is 1. The molecule has 0 aliphatic carbocycles. The molecule has 1 heterocycles. The molecule has 0 atom stereocenters. The molecule has 1 aliphatic rings. The third-order valence-electron chi connectivity index (χ3n) is 4.50. The van der Waals surface area contributed by atoms with Crippen LogP contribution in [0.15, 0.2) is 29.3 Å². The molecular weight excluding hydrogens is 354 g/mol. The second kappa shape index (κ2) is 13.0. The Hall–Kier alpha value is -2.28. The zero-order valence-corrected chi connectivity index (χ0v) is 17.3. The number of aliphatic imine (C=N–C) groups is 1. The van der Waals surface area contributed by atoms with E-state index >= 15 is 0 Å². The fourth-order valence-corrected chi connectivity index (χ4v) is 2.91. The first-order valence-corrected chi connectivity index (χ1v) is 10.4. The molecule has 0 radical (unpaired) electrons. The molecule has 0 bridgehead atoms. The molecule has 3 N–H and O–H groups in total. The van der Waals surface area contributed by atoms with Crippen LogP contribution in [0.5, 0.6) is 0 Å². The first-order chi connectivity index (χ1) is 13.7. The van der Waals surface area contributed by atoms with Gasteiger partial charge in [-0.15, -0.1) is 0 Å². The lowest BCUT2D eigenvalue weighted by Gasteiger charge is -2.28. The number of rotatable bonds is 11. The van der Waals surface area contributed by atoms with Crippen LogP contribution >= 0.6 is 0 Å². The Bertz CT molecular complexity index is 603. The molecule has 0 aromatic heterocycles. The van der Waals surface area contributed by atoms with Gasteiger partial charge in [0.25, 0.3) is 0 Å². The summed E-state index contributed by atoms with van der Waals surface area (Å²) in [5.41, 5.74) is 2.22. The van der Waals surface area contributed by atoms with Gasteiger partial charge in [0.1, 0.15) is 0 Å². The van der Waals surface area contributed by atoms with Gasteiger partial charge in [0.05, 0.1) is 13.1 Å². The van der Waals surface area contributed by atoms with E-state index in [1.807, 2.05) is 0 Å². The number of carbonyl (C=O) groups is 1. The Kier molecular flexibility index (Phi) is 10.2. The van der Waals surface area contributed by atoms with Crippen molar-refractivity contribution in [1.82, 2.24) is 16.0 Å². The van der Waals surface area contributed by atoms with Crippen molar-refractivity contribution in [2.24, 2.45) is 4.99 Å². The maximum absolute atomic E-state index is 11.5. The molecule has 0 saturated carbocycles. The van der Waals surface area contributed by atoms with Gasteiger partial charge in [0, 0.05) is 45.1 Å². The summed E-state index contributed by atoms with van der Waals surface area (Å²) in [5, 5.41) is 9.48. The molecule has 156 valence electrons. The molecular formula is C21H35N5O2. The summed E-state index contributed by atoms with van der Waals surface area (Å²) in [4.78, 5) is 18.3. The van der Waals surface area contributed by atoms with Crippen LogP contribution in [0.2, 0.25) is 0 Å². The maximum atomic E-state index is 11.5. The number of amides is 1. The van der Waals surface area contributed by atoms with E-state index in [0.717, 1.165) is 62.9 Å². The van der Waals surface area contributed by atoms with Crippen LogP contribution in [0, 0.1) is 0 Å². The van der Waals surface area contributed by atoms with Crippen molar-refractivity contribution >= 4 is 17.6 Å².